The Morgan fingerprint density at radius 1 is 1.15 bits per heavy atom. The number of benzene rings is 2. The van der Waals surface area contributed by atoms with Gasteiger partial charge in [-0.15, -0.1) is 6.42 Å². The summed E-state index contributed by atoms with van der Waals surface area (Å²) in [5.74, 6) is 1.25. The molecule has 2 N–H and O–H groups in total. The number of fused-ring (bicyclic) bond motifs is 5. The second kappa shape index (κ2) is 15.5. The van der Waals surface area contributed by atoms with Crippen molar-refractivity contribution in [3.8, 4) is 35.4 Å². The van der Waals surface area contributed by atoms with Gasteiger partial charge in [-0.25, -0.2) is 13.8 Å². The zero-order valence-corrected chi connectivity index (χ0v) is 32.6. The zero-order valence-electron chi connectivity index (χ0n) is 31.0. The molecule has 0 saturated carbocycles. The summed E-state index contributed by atoms with van der Waals surface area (Å²) >= 11 is 7.03. The maximum atomic E-state index is 17.4. The van der Waals surface area contributed by atoms with Crippen LogP contribution in [0.4, 0.5) is 14.6 Å². The summed E-state index contributed by atoms with van der Waals surface area (Å²) in [6.07, 6.45) is 11.0. The van der Waals surface area contributed by atoms with E-state index in [0.717, 1.165) is 45.2 Å². The van der Waals surface area contributed by atoms with Crippen LogP contribution in [0, 0.1) is 24.0 Å². The Balaban J connectivity index is 1.24. The van der Waals surface area contributed by atoms with Crippen molar-refractivity contribution < 1.29 is 32.3 Å². The van der Waals surface area contributed by atoms with Gasteiger partial charge < -0.3 is 29.0 Å². The van der Waals surface area contributed by atoms with Gasteiger partial charge in [0.1, 0.15) is 53.2 Å². The van der Waals surface area contributed by atoms with Gasteiger partial charge in [-0.3, -0.25) is 14.8 Å². The molecular weight excluding hydrogens is 751 g/mol. The minimum atomic E-state index is -1.60. The number of pyridine rings is 1. The average Bonchev–Trinajstić information content (AvgIpc) is 3.74. The predicted octanol–water partition coefficient (Wildman–Crippen LogP) is 6.15. The highest BCUT2D eigenvalue weighted by Gasteiger charge is 2.45. The second-order valence-corrected chi connectivity index (χ2v) is 16.8. The zero-order chi connectivity index (χ0) is 38.4. The lowest BCUT2D eigenvalue weighted by molar-refractivity contribution is -0.145. The highest BCUT2D eigenvalue weighted by molar-refractivity contribution is 7.50. The van der Waals surface area contributed by atoms with E-state index in [1.54, 1.807) is 19.9 Å². The smallest absolute Gasteiger partial charge is 0.320 e. The van der Waals surface area contributed by atoms with Gasteiger partial charge in [0.25, 0.3) is 0 Å². The molecule has 0 aliphatic carbocycles. The molecule has 3 unspecified atom stereocenters. The minimum absolute atomic E-state index is 0.0263. The fraction of sp³-hybridized carbons (Fsp3) is 0.487. The lowest BCUT2D eigenvalue weighted by Crippen LogP contribution is -2.67. The Hall–Kier alpha value is -3.96. The van der Waals surface area contributed by atoms with E-state index < -0.39 is 25.9 Å². The van der Waals surface area contributed by atoms with Crippen LogP contribution in [0.3, 0.4) is 0 Å². The van der Waals surface area contributed by atoms with Gasteiger partial charge in [-0.05, 0) is 82.6 Å². The molecule has 5 fully saturated rings. The molecule has 7 heterocycles. The summed E-state index contributed by atoms with van der Waals surface area (Å²) in [5.41, 5.74) is -0.288. The molecule has 5 aliphatic heterocycles. The maximum absolute atomic E-state index is 17.4. The van der Waals surface area contributed by atoms with Crippen molar-refractivity contribution in [3.63, 3.8) is 0 Å². The van der Waals surface area contributed by atoms with E-state index in [9.17, 15) is 4.79 Å². The third kappa shape index (κ3) is 7.39. The van der Waals surface area contributed by atoms with E-state index in [2.05, 4.69) is 36.1 Å². The van der Waals surface area contributed by atoms with Crippen LogP contribution in [0.1, 0.15) is 51.5 Å². The SMILES string of the molecule is C#Cc1c(F)ccc2cc(OP(COC)NCC(=O)OC(C)C)cc(-c3nc(Cl)c4c(N5CC6CC(C5)N6)nc(OCC56CCCN5CCC6)nc4c3F)c12. The van der Waals surface area contributed by atoms with Gasteiger partial charge >= 0.3 is 12.0 Å². The van der Waals surface area contributed by atoms with Crippen molar-refractivity contribution in [2.45, 2.75) is 69.7 Å². The molecule has 0 amide bonds. The number of piperazine rings is 1. The first-order valence-electron chi connectivity index (χ1n) is 18.6. The molecule has 2 aromatic carbocycles. The topological polar surface area (TPSA) is 123 Å². The van der Waals surface area contributed by atoms with Crippen molar-refractivity contribution in [1.29, 1.82) is 0 Å². The number of terminal acetylenes is 1. The highest BCUT2D eigenvalue weighted by Crippen LogP contribution is 2.45. The Morgan fingerprint density at radius 3 is 2.58 bits per heavy atom. The van der Waals surface area contributed by atoms with Crippen LogP contribution in [0.25, 0.3) is 32.9 Å². The van der Waals surface area contributed by atoms with E-state index in [-0.39, 0.29) is 86.6 Å². The summed E-state index contributed by atoms with van der Waals surface area (Å²) in [6, 6.07) is 6.58. The van der Waals surface area contributed by atoms with Crippen LogP contribution in [0.2, 0.25) is 5.15 Å². The molecule has 3 atom stereocenters. The number of ether oxygens (including phenoxy) is 3. The molecule has 4 aromatic rings. The van der Waals surface area contributed by atoms with E-state index >= 15 is 8.78 Å². The maximum Gasteiger partial charge on any atom is 0.320 e. The van der Waals surface area contributed by atoms with E-state index in [4.69, 9.17) is 41.7 Å². The molecule has 0 radical (unpaired) electrons. The number of hydrogen-bond acceptors (Lipinski definition) is 12. The molecule has 12 nitrogen and oxygen atoms in total. The molecule has 55 heavy (non-hydrogen) atoms. The first kappa shape index (κ1) is 37.9. The van der Waals surface area contributed by atoms with Crippen molar-refractivity contribution in [2.75, 3.05) is 57.7 Å². The molecule has 5 aliphatic rings. The molecule has 2 aromatic heterocycles. The Labute approximate surface area is 324 Å². The lowest BCUT2D eigenvalue weighted by atomic mass is 9.91. The molecule has 2 bridgehead atoms. The summed E-state index contributed by atoms with van der Waals surface area (Å²) < 4.78 is 56.1. The van der Waals surface area contributed by atoms with Gasteiger partial charge in [-0.1, -0.05) is 23.6 Å². The van der Waals surface area contributed by atoms with E-state index in [1.807, 2.05) is 0 Å². The van der Waals surface area contributed by atoms with Gasteiger partial charge in [0.05, 0.1) is 22.6 Å². The second-order valence-electron chi connectivity index (χ2n) is 14.9. The normalized spacial score (nSPS) is 20.7. The molecule has 0 spiro atoms. The number of nitrogens with one attached hydrogen (secondary N) is 2. The lowest BCUT2D eigenvalue weighted by Gasteiger charge is -2.48. The first-order valence-corrected chi connectivity index (χ1v) is 20.4. The number of esters is 1. The molecule has 16 heteroatoms. The largest absolute Gasteiger partial charge is 0.462 e. The summed E-state index contributed by atoms with van der Waals surface area (Å²) in [6.45, 7) is 7.15. The van der Waals surface area contributed by atoms with Crippen LogP contribution in [-0.4, -0.2) is 102 Å². The number of rotatable bonds is 13. The number of carbonyl (C=O) groups excluding carboxylic acids is 1. The third-order valence-corrected chi connectivity index (χ3v) is 12.6. The number of methoxy groups -OCH3 is 1. The van der Waals surface area contributed by atoms with Crippen molar-refractivity contribution in [2.24, 2.45) is 0 Å². The standard InChI is InChI=1S/C39H43ClF2N7O5P/c1-5-27-29(41)9-8-23-14-26(54-55(21-51-4)43-17-30(50)53-22(2)3)16-28(31(23)27)34-33(42)35-32(36(40)45-34)37(48-18-24-15-25(19-48)44-24)47-38(46-35)52-20-39-10-6-12-49(39)13-7-11-39/h1,8-9,14,16,22,24-25,43-44H,6-7,10-13,15,17-21H2,2-4H3. The van der Waals surface area contributed by atoms with Crippen LogP contribution in [0.5, 0.6) is 11.8 Å². The van der Waals surface area contributed by atoms with E-state index in [0.29, 0.717) is 30.9 Å². The highest BCUT2D eigenvalue weighted by atomic mass is 35.5. The van der Waals surface area contributed by atoms with Gasteiger partial charge in [0, 0.05) is 43.2 Å². The Bertz CT molecular complexity index is 2160. The summed E-state index contributed by atoms with van der Waals surface area (Å²) in [7, 11) is -0.0936. The quantitative estimate of drug-likeness (QED) is 0.0699. The Kier molecular flexibility index (Phi) is 10.7. The summed E-state index contributed by atoms with van der Waals surface area (Å²) in [4.78, 5) is 31.0. The number of carbonyl (C=O) groups is 1. The Morgan fingerprint density at radius 2 is 1.89 bits per heavy atom. The van der Waals surface area contributed by atoms with Crippen molar-refractivity contribution >= 4 is 53.4 Å². The van der Waals surface area contributed by atoms with Crippen LogP contribution >= 0.6 is 19.9 Å². The molecular formula is C39H43ClF2N7O5P. The third-order valence-electron chi connectivity index (χ3n) is 10.9. The van der Waals surface area contributed by atoms with Gasteiger partial charge in [0.2, 0.25) is 0 Å². The predicted molar refractivity (Wildman–Crippen MR) is 208 cm³/mol. The van der Waals surface area contributed by atoms with Crippen molar-refractivity contribution in [1.82, 2.24) is 30.3 Å². The van der Waals surface area contributed by atoms with Crippen molar-refractivity contribution in [3.05, 3.63) is 46.6 Å². The molecule has 290 valence electrons. The minimum Gasteiger partial charge on any atom is -0.462 e. The first-order chi connectivity index (χ1) is 26.6. The number of halogens is 3. The van der Waals surface area contributed by atoms with Gasteiger partial charge in [0.15, 0.2) is 14.1 Å². The fourth-order valence-electron chi connectivity index (χ4n) is 8.51. The van der Waals surface area contributed by atoms with Crippen LogP contribution in [0.15, 0.2) is 24.3 Å². The van der Waals surface area contributed by atoms with E-state index in [1.165, 1.54) is 25.3 Å². The molecule has 5 saturated heterocycles. The number of hydrogen-bond donors (Lipinski definition) is 2. The monoisotopic (exact) mass is 793 g/mol. The number of piperidine rings is 1. The van der Waals surface area contributed by atoms with Crippen LogP contribution < -0.4 is 24.6 Å². The van der Waals surface area contributed by atoms with Gasteiger partial charge in [-0.2, -0.15) is 9.97 Å². The summed E-state index contributed by atoms with van der Waals surface area (Å²) in [5, 5.41) is 7.53. The number of aromatic nitrogens is 3. The average molecular weight is 794 g/mol. The molecule has 9 rings (SSSR count). The fourth-order valence-corrected chi connectivity index (χ4v) is 9.88. The van der Waals surface area contributed by atoms with Crippen LogP contribution in [-0.2, 0) is 14.3 Å². The number of anilines is 1. The number of nitrogens with zero attached hydrogens (tertiary/aromatic N) is 5.